The molecule has 3 heteroatoms. The zero-order chi connectivity index (χ0) is 11.6. The van der Waals surface area contributed by atoms with E-state index in [2.05, 4.69) is 29.8 Å². The zero-order valence-electron chi connectivity index (χ0n) is 9.35. The van der Waals surface area contributed by atoms with E-state index in [1.807, 2.05) is 6.92 Å². The van der Waals surface area contributed by atoms with Crippen molar-refractivity contribution >= 4 is 15.9 Å². The van der Waals surface area contributed by atoms with Gasteiger partial charge in [-0.2, -0.15) is 0 Å². The summed E-state index contributed by atoms with van der Waals surface area (Å²) in [5.74, 6) is 0.156. The molecule has 1 unspecified atom stereocenters. The molecule has 0 amide bonds. The zero-order valence-corrected chi connectivity index (χ0v) is 10.9. The number of rotatable bonds is 3. The summed E-state index contributed by atoms with van der Waals surface area (Å²) in [6.45, 7) is 6.21. The molecular weight excluding hydrogens is 257 g/mol. The smallest absolute Gasteiger partial charge is 0.137 e. The Balaban J connectivity index is 2.86. The molecule has 0 aliphatic heterocycles. The molecule has 1 aromatic rings. The van der Waals surface area contributed by atoms with Crippen LogP contribution in [0.15, 0.2) is 22.7 Å². The van der Waals surface area contributed by atoms with Crippen molar-refractivity contribution in [2.24, 2.45) is 11.7 Å². The van der Waals surface area contributed by atoms with Crippen LogP contribution in [0.2, 0.25) is 0 Å². The minimum Gasteiger partial charge on any atom is -0.325 e. The quantitative estimate of drug-likeness (QED) is 0.896. The monoisotopic (exact) mass is 273 g/mol. The van der Waals surface area contributed by atoms with Crippen molar-refractivity contribution in [3.8, 4) is 0 Å². The van der Waals surface area contributed by atoms with Crippen LogP contribution in [-0.4, -0.2) is 5.54 Å². The third-order valence-corrected chi connectivity index (χ3v) is 3.50. The van der Waals surface area contributed by atoms with E-state index in [-0.39, 0.29) is 11.4 Å². The fourth-order valence-corrected chi connectivity index (χ4v) is 1.72. The summed E-state index contributed by atoms with van der Waals surface area (Å²) in [7, 11) is 0. The van der Waals surface area contributed by atoms with Crippen molar-refractivity contribution in [1.82, 2.24) is 0 Å². The van der Waals surface area contributed by atoms with Crippen LogP contribution in [0.1, 0.15) is 26.3 Å². The van der Waals surface area contributed by atoms with Crippen molar-refractivity contribution in [3.63, 3.8) is 0 Å². The number of nitrogens with two attached hydrogens (primary N) is 1. The van der Waals surface area contributed by atoms with E-state index >= 15 is 0 Å². The molecule has 1 atom stereocenters. The molecule has 0 heterocycles. The van der Waals surface area contributed by atoms with E-state index in [1.165, 1.54) is 6.07 Å². The van der Waals surface area contributed by atoms with E-state index < -0.39 is 0 Å². The first-order valence-corrected chi connectivity index (χ1v) is 5.85. The third kappa shape index (κ3) is 3.28. The minimum atomic E-state index is -0.253. The second-order valence-electron chi connectivity index (χ2n) is 4.59. The van der Waals surface area contributed by atoms with Gasteiger partial charge in [0.25, 0.3) is 0 Å². The predicted octanol–water partition coefficient (Wildman–Crippen LogP) is 3.50. The molecule has 0 fully saturated rings. The topological polar surface area (TPSA) is 26.0 Å². The normalized spacial score (nSPS) is 15.4. The van der Waals surface area contributed by atoms with Gasteiger partial charge in [-0.3, -0.25) is 0 Å². The standard InChI is InChI=1S/C12H17BrFN/c1-8(2)12(3,15)7-9-4-5-11(14)10(13)6-9/h4-6,8H,7,15H2,1-3H3. The summed E-state index contributed by atoms with van der Waals surface area (Å²) in [5, 5.41) is 0. The summed E-state index contributed by atoms with van der Waals surface area (Å²) in [6.07, 6.45) is 0.754. The van der Waals surface area contributed by atoms with Crippen LogP contribution in [0.5, 0.6) is 0 Å². The summed E-state index contributed by atoms with van der Waals surface area (Å²) < 4.78 is 13.5. The Labute approximate surface area is 99.0 Å². The molecule has 0 radical (unpaired) electrons. The van der Waals surface area contributed by atoms with E-state index in [0.717, 1.165) is 12.0 Å². The molecule has 15 heavy (non-hydrogen) atoms. The van der Waals surface area contributed by atoms with E-state index in [4.69, 9.17) is 5.73 Å². The highest BCUT2D eigenvalue weighted by atomic mass is 79.9. The molecule has 1 nitrogen and oxygen atoms in total. The Morgan fingerprint density at radius 2 is 2.07 bits per heavy atom. The van der Waals surface area contributed by atoms with Gasteiger partial charge in [-0.1, -0.05) is 19.9 Å². The fourth-order valence-electron chi connectivity index (χ4n) is 1.29. The average Bonchev–Trinajstić information content (AvgIpc) is 2.10. The minimum absolute atomic E-state index is 0.234. The van der Waals surface area contributed by atoms with Gasteiger partial charge in [0, 0.05) is 5.54 Å². The number of hydrogen-bond acceptors (Lipinski definition) is 1. The molecule has 84 valence electrons. The first kappa shape index (κ1) is 12.7. The van der Waals surface area contributed by atoms with Crippen molar-refractivity contribution in [2.75, 3.05) is 0 Å². The van der Waals surface area contributed by atoms with Crippen LogP contribution in [0, 0.1) is 11.7 Å². The molecule has 0 bridgehead atoms. The molecule has 1 aromatic carbocycles. The largest absolute Gasteiger partial charge is 0.325 e. The van der Waals surface area contributed by atoms with Crippen molar-refractivity contribution < 1.29 is 4.39 Å². The summed E-state index contributed by atoms with van der Waals surface area (Å²) in [4.78, 5) is 0. The SMILES string of the molecule is CC(C)C(C)(N)Cc1ccc(F)c(Br)c1. The van der Waals surface area contributed by atoms with Gasteiger partial charge in [0.2, 0.25) is 0 Å². The van der Waals surface area contributed by atoms with Crippen LogP contribution < -0.4 is 5.73 Å². The highest BCUT2D eigenvalue weighted by molar-refractivity contribution is 9.10. The molecule has 1 rings (SSSR count). The van der Waals surface area contributed by atoms with Crippen LogP contribution >= 0.6 is 15.9 Å². The number of hydrogen-bond donors (Lipinski definition) is 1. The molecule has 2 N–H and O–H groups in total. The fraction of sp³-hybridized carbons (Fsp3) is 0.500. The van der Waals surface area contributed by atoms with E-state index in [1.54, 1.807) is 12.1 Å². The van der Waals surface area contributed by atoms with Crippen LogP contribution in [0.3, 0.4) is 0 Å². The first-order chi connectivity index (χ1) is 6.83. The average molecular weight is 274 g/mol. The van der Waals surface area contributed by atoms with E-state index in [0.29, 0.717) is 10.4 Å². The molecule has 0 spiro atoms. The second-order valence-corrected chi connectivity index (χ2v) is 5.44. The lowest BCUT2D eigenvalue weighted by atomic mass is 9.84. The Morgan fingerprint density at radius 1 is 1.47 bits per heavy atom. The van der Waals surface area contributed by atoms with Gasteiger partial charge in [-0.15, -0.1) is 0 Å². The Morgan fingerprint density at radius 3 is 2.53 bits per heavy atom. The summed E-state index contributed by atoms with van der Waals surface area (Å²) in [6, 6.07) is 5.05. The second kappa shape index (κ2) is 4.62. The van der Waals surface area contributed by atoms with Crippen LogP contribution in [0.4, 0.5) is 4.39 Å². The van der Waals surface area contributed by atoms with Gasteiger partial charge in [0.15, 0.2) is 0 Å². The first-order valence-electron chi connectivity index (χ1n) is 5.06. The molecule has 0 aliphatic carbocycles. The highest BCUT2D eigenvalue weighted by Crippen LogP contribution is 2.23. The van der Waals surface area contributed by atoms with Gasteiger partial charge >= 0.3 is 0 Å². The van der Waals surface area contributed by atoms with Crippen molar-refractivity contribution in [2.45, 2.75) is 32.7 Å². The van der Waals surface area contributed by atoms with Crippen molar-refractivity contribution in [1.29, 1.82) is 0 Å². The highest BCUT2D eigenvalue weighted by Gasteiger charge is 2.23. The molecule has 0 saturated heterocycles. The molecule has 0 saturated carbocycles. The van der Waals surface area contributed by atoms with E-state index in [9.17, 15) is 4.39 Å². The Hall–Kier alpha value is -0.410. The lowest BCUT2D eigenvalue weighted by Crippen LogP contribution is -2.43. The lowest BCUT2D eigenvalue weighted by Gasteiger charge is -2.29. The van der Waals surface area contributed by atoms with Gasteiger partial charge in [-0.05, 0) is 52.9 Å². The summed E-state index contributed by atoms with van der Waals surface area (Å²) >= 11 is 3.17. The predicted molar refractivity (Wildman–Crippen MR) is 65.2 cm³/mol. The van der Waals surface area contributed by atoms with Crippen LogP contribution in [-0.2, 0) is 6.42 Å². The lowest BCUT2D eigenvalue weighted by molar-refractivity contribution is 0.337. The molecule has 0 aliphatic rings. The maximum atomic E-state index is 13.0. The van der Waals surface area contributed by atoms with Gasteiger partial charge in [0.05, 0.1) is 4.47 Å². The van der Waals surface area contributed by atoms with Crippen molar-refractivity contribution in [3.05, 3.63) is 34.1 Å². The molecule has 0 aromatic heterocycles. The summed E-state index contributed by atoms with van der Waals surface area (Å²) in [5.41, 5.74) is 6.98. The van der Waals surface area contributed by atoms with Gasteiger partial charge in [0.1, 0.15) is 5.82 Å². The van der Waals surface area contributed by atoms with Gasteiger partial charge < -0.3 is 5.73 Å². The number of halogens is 2. The maximum absolute atomic E-state index is 13.0. The number of benzene rings is 1. The maximum Gasteiger partial charge on any atom is 0.137 e. The van der Waals surface area contributed by atoms with Gasteiger partial charge in [-0.25, -0.2) is 4.39 Å². The molecular formula is C12H17BrFN. The third-order valence-electron chi connectivity index (χ3n) is 2.89. The van der Waals surface area contributed by atoms with Crippen LogP contribution in [0.25, 0.3) is 0 Å². The Kier molecular flexibility index (Phi) is 3.90. The Bertz CT molecular complexity index is 347.